The zero-order chi connectivity index (χ0) is 9.68. The lowest BCUT2D eigenvalue weighted by atomic mass is 10.0. The largest absolute Gasteiger partial charge is 0.0625 e. The van der Waals surface area contributed by atoms with Crippen LogP contribution in [-0.4, -0.2) is 0 Å². The number of nitrogens with zero attached hydrogens (tertiary/aromatic N) is 3. The average Bonchev–Trinajstić information content (AvgIpc) is 2.08. The van der Waals surface area contributed by atoms with Crippen LogP contribution in [0.2, 0.25) is 0 Å². The number of azide groups is 1. The van der Waals surface area contributed by atoms with Crippen molar-refractivity contribution in [3.63, 3.8) is 0 Å². The molecule has 3 heteroatoms. The molecule has 3 nitrogen and oxygen atoms in total. The molecule has 0 N–H and O–H groups in total. The second-order valence-electron chi connectivity index (χ2n) is 3.42. The topological polar surface area (TPSA) is 48.8 Å². The molecule has 0 unspecified atom stereocenters. The quantitative estimate of drug-likeness (QED) is 0.381. The Labute approximate surface area is 78.0 Å². The van der Waals surface area contributed by atoms with E-state index in [0.717, 1.165) is 17.7 Å². The smallest absolute Gasteiger partial charge is 0.0407 e. The van der Waals surface area contributed by atoms with Crippen molar-refractivity contribution in [3.05, 3.63) is 40.3 Å². The highest BCUT2D eigenvalue weighted by Crippen LogP contribution is 2.21. The van der Waals surface area contributed by atoms with Gasteiger partial charge in [-0.25, -0.2) is 0 Å². The summed E-state index contributed by atoms with van der Waals surface area (Å²) in [6.07, 6.45) is 0.954. The Hall–Kier alpha value is -1.47. The molecule has 0 heterocycles. The van der Waals surface area contributed by atoms with Gasteiger partial charge in [-0.1, -0.05) is 43.2 Å². The number of hydrogen-bond donors (Lipinski definition) is 0. The van der Waals surface area contributed by atoms with Gasteiger partial charge in [0, 0.05) is 10.6 Å². The van der Waals surface area contributed by atoms with Crippen molar-refractivity contribution < 1.29 is 0 Å². The molecule has 1 aromatic carbocycles. The molecule has 0 saturated carbocycles. The first kappa shape index (κ1) is 9.62. The van der Waals surface area contributed by atoms with Crippen LogP contribution in [-0.2, 0) is 6.42 Å². The SMILES string of the molecule is CC(C)Cc1ccccc1N=[N+]=[N-]. The normalized spacial score (nSPS) is 9.77. The minimum absolute atomic E-state index is 0.579. The summed E-state index contributed by atoms with van der Waals surface area (Å²) in [7, 11) is 0. The van der Waals surface area contributed by atoms with E-state index < -0.39 is 0 Å². The fraction of sp³-hybridized carbons (Fsp3) is 0.400. The Morgan fingerprint density at radius 1 is 1.38 bits per heavy atom. The second-order valence-corrected chi connectivity index (χ2v) is 3.42. The van der Waals surface area contributed by atoms with Crippen LogP contribution in [0, 0.1) is 5.92 Å². The summed E-state index contributed by atoms with van der Waals surface area (Å²) in [5.74, 6) is 0.579. The number of hydrogen-bond acceptors (Lipinski definition) is 1. The molecule has 1 rings (SSSR count). The van der Waals surface area contributed by atoms with E-state index in [4.69, 9.17) is 5.53 Å². The first-order chi connectivity index (χ1) is 6.24. The van der Waals surface area contributed by atoms with Crippen LogP contribution in [0.25, 0.3) is 10.4 Å². The van der Waals surface area contributed by atoms with Gasteiger partial charge in [-0.3, -0.25) is 0 Å². The Morgan fingerprint density at radius 2 is 2.08 bits per heavy atom. The molecular formula is C10H13N3. The Bertz CT molecular complexity index is 325. The minimum atomic E-state index is 0.579. The van der Waals surface area contributed by atoms with Gasteiger partial charge in [0.15, 0.2) is 0 Å². The second kappa shape index (κ2) is 4.53. The zero-order valence-electron chi connectivity index (χ0n) is 7.94. The van der Waals surface area contributed by atoms with Crippen molar-refractivity contribution in [2.45, 2.75) is 20.3 Å². The molecule has 0 fully saturated rings. The van der Waals surface area contributed by atoms with E-state index in [1.165, 1.54) is 0 Å². The lowest BCUT2D eigenvalue weighted by Crippen LogP contribution is -1.93. The van der Waals surface area contributed by atoms with Gasteiger partial charge in [-0.15, -0.1) is 0 Å². The van der Waals surface area contributed by atoms with E-state index in [-0.39, 0.29) is 0 Å². The van der Waals surface area contributed by atoms with Crippen LogP contribution in [0.1, 0.15) is 19.4 Å². The molecule has 13 heavy (non-hydrogen) atoms. The fourth-order valence-electron chi connectivity index (χ4n) is 1.27. The summed E-state index contributed by atoms with van der Waals surface area (Å²) >= 11 is 0. The Balaban J connectivity index is 2.97. The van der Waals surface area contributed by atoms with Crippen LogP contribution in [0.15, 0.2) is 29.4 Å². The van der Waals surface area contributed by atoms with Crippen molar-refractivity contribution in [1.29, 1.82) is 0 Å². The van der Waals surface area contributed by atoms with Crippen LogP contribution in [0.5, 0.6) is 0 Å². The summed E-state index contributed by atoms with van der Waals surface area (Å²) in [5, 5.41) is 3.64. The highest BCUT2D eigenvalue weighted by atomic mass is 15.1. The Kier molecular flexibility index (Phi) is 3.35. The summed E-state index contributed by atoms with van der Waals surface area (Å²) in [6, 6.07) is 7.70. The van der Waals surface area contributed by atoms with E-state index in [2.05, 4.69) is 23.9 Å². The number of benzene rings is 1. The molecule has 0 aromatic heterocycles. The summed E-state index contributed by atoms with van der Waals surface area (Å²) in [6.45, 7) is 4.29. The van der Waals surface area contributed by atoms with Crippen molar-refractivity contribution in [2.75, 3.05) is 0 Å². The number of rotatable bonds is 3. The Morgan fingerprint density at radius 3 is 2.69 bits per heavy atom. The van der Waals surface area contributed by atoms with Crippen LogP contribution >= 0.6 is 0 Å². The summed E-state index contributed by atoms with van der Waals surface area (Å²) in [4.78, 5) is 2.80. The summed E-state index contributed by atoms with van der Waals surface area (Å²) in [5.41, 5.74) is 10.2. The predicted molar refractivity (Wildman–Crippen MR) is 53.8 cm³/mol. The molecule has 0 saturated heterocycles. The van der Waals surface area contributed by atoms with Crippen molar-refractivity contribution in [3.8, 4) is 0 Å². The molecule has 0 aliphatic rings. The maximum atomic E-state index is 8.34. The third kappa shape index (κ3) is 2.80. The molecule has 0 spiro atoms. The highest BCUT2D eigenvalue weighted by Gasteiger charge is 2.01. The van der Waals surface area contributed by atoms with Crippen molar-refractivity contribution >= 4 is 5.69 Å². The minimum Gasteiger partial charge on any atom is -0.0625 e. The summed E-state index contributed by atoms with van der Waals surface area (Å²) < 4.78 is 0. The van der Waals surface area contributed by atoms with Gasteiger partial charge in [-0.2, -0.15) is 0 Å². The van der Waals surface area contributed by atoms with Crippen LogP contribution < -0.4 is 0 Å². The van der Waals surface area contributed by atoms with E-state index in [0.29, 0.717) is 5.92 Å². The lowest BCUT2D eigenvalue weighted by Gasteiger charge is -2.06. The predicted octanol–water partition coefficient (Wildman–Crippen LogP) is 3.83. The van der Waals surface area contributed by atoms with Gasteiger partial charge >= 0.3 is 0 Å². The van der Waals surface area contributed by atoms with Gasteiger partial charge < -0.3 is 0 Å². The van der Waals surface area contributed by atoms with Gasteiger partial charge in [0.2, 0.25) is 0 Å². The van der Waals surface area contributed by atoms with Crippen LogP contribution in [0.3, 0.4) is 0 Å². The molecule has 0 radical (unpaired) electrons. The standard InChI is InChI=1S/C10H13N3/c1-8(2)7-9-5-3-4-6-10(9)12-13-11/h3-6,8H,7H2,1-2H3. The highest BCUT2D eigenvalue weighted by molar-refractivity contribution is 5.45. The molecule has 0 bridgehead atoms. The third-order valence-electron chi connectivity index (χ3n) is 1.77. The van der Waals surface area contributed by atoms with E-state index >= 15 is 0 Å². The van der Waals surface area contributed by atoms with Gasteiger partial charge in [0.25, 0.3) is 0 Å². The van der Waals surface area contributed by atoms with Gasteiger partial charge in [-0.05, 0) is 23.4 Å². The van der Waals surface area contributed by atoms with Crippen molar-refractivity contribution in [1.82, 2.24) is 0 Å². The first-order valence-corrected chi connectivity index (χ1v) is 4.37. The van der Waals surface area contributed by atoms with E-state index in [1.54, 1.807) is 0 Å². The molecule has 0 atom stereocenters. The van der Waals surface area contributed by atoms with Gasteiger partial charge in [0.05, 0.1) is 0 Å². The molecule has 0 amide bonds. The van der Waals surface area contributed by atoms with E-state index in [1.807, 2.05) is 24.3 Å². The molecule has 68 valence electrons. The third-order valence-corrected chi connectivity index (χ3v) is 1.77. The monoisotopic (exact) mass is 175 g/mol. The van der Waals surface area contributed by atoms with Gasteiger partial charge in [0.1, 0.15) is 0 Å². The van der Waals surface area contributed by atoms with Crippen LogP contribution in [0.4, 0.5) is 5.69 Å². The lowest BCUT2D eigenvalue weighted by molar-refractivity contribution is 0.648. The van der Waals surface area contributed by atoms with Crippen molar-refractivity contribution in [2.24, 2.45) is 11.0 Å². The fourth-order valence-corrected chi connectivity index (χ4v) is 1.27. The molecular weight excluding hydrogens is 162 g/mol. The molecule has 0 aliphatic carbocycles. The first-order valence-electron chi connectivity index (χ1n) is 4.37. The molecule has 1 aromatic rings. The maximum absolute atomic E-state index is 8.34. The maximum Gasteiger partial charge on any atom is 0.0407 e. The molecule has 0 aliphatic heterocycles. The average molecular weight is 175 g/mol. The zero-order valence-corrected chi connectivity index (χ0v) is 7.94. The van der Waals surface area contributed by atoms with E-state index in [9.17, 15) is 0 Å².